The molecule has 17 heavy (non-hydrogen) atoms. The molecule has 1 aromatic rings. The van der Waals surface area contributed by atoms with Crippen LogP contribution in [0.4, 0.5) is 0 Å². The fourth-order valence-corrected chi connectivity index (χ4v) is 1.72. The number of aliphatic carboxylic acids is 1. The molecule has 0 spiro atoms. The number of alkyl halides is 1. The topological polar surface area (TPSA) is 74.6 Å². The van der Waals surface area contributed by atoms with Crippen LogP contribution >= 0.6 is 15.9 Å². The van der Waals surface area contributed by atoms with Crippen molar-refractivity contribution in [1.29, 1.82) is 0 Å². The fraction of sp³-hybridized carbons (Fsp3) is 0.333. The SMILES string of the molecule is Cc1ccc(C(O)C(=O)O)c(C(=O)C(C)Br)c1. The average Bonchev–Trinajstić information content (AvgIpc) is 2.26. The molecule has 1 rings (SSSR count). The summed E-state index contributed by atoms with van der Waals surface area (Å²) in [7, 11) is 0. The summed E-state index contributed by atoms with van der Waals surface area (Å²) in [5.41, 5.74) is 1.20. The summed E-state index contributed by atoms with van der Waals surface area (Å²) in [5.74, 6) is -1.62. The second-order valence-corrected chi connectivity index (χ2v) is 5.19. The minimum absolute atomic E-state index is 0.124. The molecule has 0 aromatic heterocycles. The van der Waals surface area contributed by atoms with E-state index in [1.54, 1.807) is 26.0 Å². The summed E-state index contributed by atoms with van der Waals surface area (Å²) in [6, 6.07) is 4.72. The Bertz CT molecular complexity index is 454. The Labute approximate surface area is 107 Å². The maximum atomic E-state index is 11.9. The van der Waals surface area contributed by atoms with E-state index in [4.69, 9.17) is 5.11 Å². The van der Waals surface area contributed by atoms with Crippen LogP contribution in [0.25, 0.3) is 0 Å². The van der Waals surface area contributed by atoms with E-state index in [9.17, 15) is 14.7 Å². The molecule has 0 radical (unpaired) electrons. The average molecular weight is 301 g/mol. The molecule has 0 amide bonds. The monoisotopic (exact) mass is 300 g/mol. The third-order valence-electron chi connectivity index (χ3n) is 2.36. The molecule has 2 atom stereocenters. The fourth-order valence-electron chi connectivity index (χ4n) is 1.47. The third kappa shape index (κ3) is 3.14. The van der Waals surface area contributed by atoms with Gasteiger partial charge in [-0.15, -0.1) is 0 Å². The number of aliphatic hydroxyl groups is 1. The summed E-state index contributed by atoms with van der Waals surface area (Å²) in [5, 5.41) is 18.3. The summed E-state index contributed by atoms with van der Waals surface area (Å²) < 4.78 is 0. The molecule has 0 aliphatic rings. The van der Waals surface area contributed by atoms with Gasteiger partial charge in [-0.25, -0.2) is 4.79 Å². The van der Waals surface area contributed by atoms with Crippen LogP contribution in [-0.4, -0.2) is 26.8 Å². The Kier molecular flexibility index (Phi) is 4.42. The Balaban J connectivity index is 3.31. The van der Waals surface area contributed by atoms with Crippen molar-refractivity contribution in [2.45, 2.75) is 24.8 Å². The molecule has 0 saturated carbocycles. The molecule has 0 bridgehead atoms. The second-order valence-electron chi connectivity index (χ2n) is 3.81. The number of Topliss-reactive ketones (excluding diaryl/α,β-unsaturated/α-hetero) is 1. The van der Waals surface area contributed by atoms with Crippen LogP contribution in [0.2, 0.25) is 0 Å². The maximum absolute atomic E-state index is 11.9. The molecule has 0 saturated heterocycles. The van der Waals surface area contributed by atoms with Gasteiger partial charge >= 0.3 is 5.97 Å². The van der Waals surface area contributed by atoms with E-state index >= 15 is 0 Å². The highest BCUT2D eigenvalue weighted by Gasteiger charge is 2.24. The van der Waals surface area contributed by atoms with Crippen molar-refractivity contribution in [1.82, 2.24) is 0 Å². The van der Waals surface area contributed by atoms with E-state index in [1.807, 2.05) is 0 Å². The number of carboxylic acids is 1. The maximum Gasteiger partial charge on any atom is 0.337 e. The Morgan fingerprint density at radius 3 is 2.41 bits per heavy atom. The van der Waals surface area contributed by atoms with Crippen molar-refractivity contribution in [3.63, 3.8) is 0 Å². The molecule has 0 heterocycles. The number of carbonyl (C=O) groups is 2. The molecule has 2 unspecified atom stereocenters. The number of benzene rings is 1. The summed E-state index contributed by atoms with van der Waals surface area (Å²) in [6.07, 6.45) is -1.68. The van der Waals surface area contributed by atoms with Crippen LogP contribution < -0.4 is 0 Å². The first-order valence-electron chi connectivity index (χ1n) is 5.04. The molecule has 2 N–H and O–H groups in total. The van der Waals surface area contributed by atoms with Gasteiger partial charge in [0.05, 0.1) is 4.83 Å². The number of ketones is 1. The normalized spacial score (nSPS) is 14.1. The Hall–Kier alpha value is -1.20. The highest BCUT2D eigenvalue weighted by Crippen LogP contribution is 2.23. The predicted molar refractivity (Wildman–Crippen MR) is 66.5 cm³/mol. The standard InChI is InChI=1S/C12H13BrO4/c1-6-3-4-8(11(15)12(16)17)9(5-6)10(14)7(2)13/h3-5,7,11,15H,1-2H3,(H,16,17). The lowest BCUT2D eigenvalue weighted by Crippen LogP contribution is -2.18. The largest absolute Gasteiger partial charge is 0.479 e. The number of halogens is 1. The molecule has 0 fully saturated rings. The van der Waals surface area contributed by atoms with Gasteiger partial charge in [0.2, 0.25) is 0 Å². The molecule has 4 nitrogen and oxygen atoms in total. The molecule has 1 aromatic carbocycles. The molecular weight excluding hydrogens is 288 g/mol. The van der Waals surface area contributed by atoms with Crippen molar-refractivity contribution in [2.75, 3.05) is 0 Å². The first-order valence-corrected chi connectivity index (χ1v) is 5.96. The van der Waals surface area contributed by atoms with Gasteiger partial charge in [-0.2, -0.15) is 0 Å². The molecule has 0 aliphatic carbocycles. The van der Waals surface area contributed by atoms with Crippen molar-refractivity contribution in [3.8, 4) is 0 Å². The van der Waals surface area contributed by atoms with Crippen LogP contribution in [0, 0.1) is 6.92 Å². The molecular formula is C12H13BrO4. The van der Waals surface area contributed by atoms with Gasteiger partial charge in [0, 0.05) is 11.1 Å². The van der Waals surface area contributed by atoms with Gasteiger partial charge in [0.1, 0.15) is 0 Å². The van der Waals surface area contributed by atoms with Crippen LogP contribution in [0.1, 0.15) is 34.5 Å². The zero-order valence-corrected chi connectivity index (χ0v) is 11.1. The van der Waals surface area contributed by atoms with Gasteiger partial charge in [-0.05, 0) is 19.9 Å². The smallest absolute Gasteiger partial charge is 0.337 e. The van der Waals surface area contributed by atoms with E-state index < -0.39 is 16.9 Å². The Morgan fingerprint density at radius 1 is 1.35 bits per heavy atom. The summed E-state index contributed by atoms with van der Waals surface area (Å²) in [4.78, 5) is 22.2. The number of carbonyl (C=O) groups excluding carboxylic acids is 1. The van der Waals surface area contributed by atoms with Gasteiger partial charge in [-0.3, -0.25) is 4.79 Å². The number of aryl methyl sites for hydroxylation is 1. The minimum Gasteiger partial charge on any atom is -0.479 e. The van der Waals surface area contributed by atoms with Crippen molar-refractivity contribution >= 4 is 27.7 Å². The zero-order valence-electron chi connectivity index (χ0n) is 9.48. The van der Waals surface area contributed by atoms with E-state index in [-0.39, 0.29) is 16.9 Å². The third-order valence-corrected chi connectivity index (χ3v) is 2.78. The quantitative estimate of drug-likeness (QED) is 0.659. The van der Waals surface area contributed by atoms with Crippen LogP contribution in [0.3, 0.4) is 0 Å². The number of carboxylic acid groups (broad SMARTS) is 1. The van der Waals surface area contributed by atoms with Crippen molar-refractivity contribution in [3.05, 3.63) is 34.9 Å². The van der Waals surface area contributed by atoms with Crippen molar-refractivity contribution in [2.24, 2.45) is 0 Å². The van der Waals surface area contributed by atoms with E-state index in [0.717, 1.165) is 5.56 Å². The highest BCUT2D eigenvalue weighted by atomic mass is 79.9. The first kappa shape index (κ1) is 13.9. The van der Waals surface area contributed by atoms with Crippen LogP contribution in [0.5, 0.6) is 0 Å². The van der Waals surface area contributed by atoms with Gasteiger partial charge in [0.15, 0.2) is 11.9 Å². The zero-order chi connectivity index (χ0) is 13.2. The van der Waals surface area contributed by atoms with Gasteiger partial charge in [-0.1, -0.05) is 33.6 Å². The molecule has 0 aliphatic heterocycles. The summed E-state index contributed by atoms with van der Waals surface area (Å²) >= 11 is 3.14. The number of aliphatic hydroxyl groups excluding tert-OH is 1. The number of rotatable bonds is 4. The second kappa shape index (κ2) is 5.42. The molecule has 5 heteroatoms. The van der Waals surface area contributed by atoms with E-state index in [2.05, 4.69) is 15.9 Å². The minimum atomic E-state index is -1.68. The van der Waals surface area contributed by atoms with E-state index in [1.165, 1.54) is 6.07 Å². The van der Waals surface area contributed by atoms with Gasteiger partial charge in [0.25, 0.3) is 0 Å². The Morgan fingerprint density at radius 2 is 1.94 bits per heavy atom. The van der Waals surface area contributed by atoms with Gasteiger partial charge < -0.3 is 10.2 Å². The number of hydrogen-bond acceptors (Lipinski definition) is 3. The predicted octanol–water partition coefficient (Wildman–Crippen LogP) is 2.08. The number of hydrogen-bond donors (Lipinski definition) is 2. The lowest BCUT2D eigenvalue weighted by Gasteiger charge is -2.13. The lowest BCUT2D eigenvalue weighted by molar-refractivity contribution is -0.146. The lowest BCUT2D eigenvalue weighted by atomic mass is 9.96. The first-order chi connectivity index (χ1) is 7.84. The van der Waals surface area contributed by atoms with E-state index in [0.29, 0.717) is 0 Å². The highest BCUT2D eigenvalue weighted by molar-refractivity contribution is 9.10. The van der Waals surface area contributed by atoms with Crippen LogP contribution in [-0.2, 0) is 4.79 Å². The van der Waals surface area contributed by atoms with Crippen LogP contribution in [0.15, 0.2) is 18.2 Å². The van der Waals surface area contributed by atoms with Crippen molar-refractivity contribution < 1.29 is 19.8 Å². The summed E-state index contributed by atoms with van der Waals surface area (Å²) in [6.45, 7) is 3.45. The molecule has 92 valence electrons.